The number of hydrogen-bond donors (Lipinski definition) is 0. The normalized spacial score (nSPS) is 11.7. The molecule has 0 aliphatic rings. The summed E-state index contributed by atoms with van der Waals surface area (Å²) >= 11 is 1.86. The summed E-state index contributed by atoms with van der Waals surface area (Å²) in [7, 11) is 0. The van der Waals surface area contributed by atoms with Gasteiger partial charge in [0.25, 0.3) is 0 Å². The maximum Gasteiger partial charge on any atom is 0.136 e. The van der Waals surface area contributed by atoms with Gasteiger partial charge in [-0.15, -0.1) is 11.3 Å². The second-order valence-corrected chi connectivity index (χ2v) is 13.5. The predicted octanol–water partition coefficient (Wildman–Crippen LogP) is 13.9. The van der Waals surface area contributed by atoms with E-state index in [1.54, 1.807) is 0 Å². The van der Waals surface area contributed by atoms with Crippen molar-refractivity contribution in [3.05, 3.63) is 176 Å². The lowest BCUT2D eigenvalue weighted by Gasteiger charge is -2.28. The van der Waals surface area contributed by atoms with E-state index in [1.807, 2.05) is 17.4 Å². The minimum Gasteiger partial charge on any atom is -0.456 e. The highest BCUT2D eigenvalue weighted by Crippen LogP contribution is 2.48. The third-order valence-electron chi connectivity index (χ3n) is 9.69. The van der Waals surface area contributed by atoms with Gasteiger partial charge in [0.05, 0.1) is 16.1 Å². The molecule has 49 heavy (non-hydrogen) atoms. The first kappa shape index (κ1) is 27.9. The summed E-state index contributed by atoms with van der Waals surface area (Å²) in [6, 6.07) is 63.2. The van der Waals surface area contributed by atoms with Crippen LogP contribution in [0.3, 0.4) is 0 Å². The summed E-state index contributed by atoms with van der Waals surface area (Å²) < 4.78 is 8.91. The van der Waals surface area contributed by atoms with Crippen LogP contribution in [0.1, 0.15) is 0 Å². The molecule has 230 valence electrons. The van der Waals surface area contributed by atoms with Crippen molar-refractivity contribution in [1.82, 2.24) is 0 Å². The highest BCUT2D eigenvalue weighted by Gasteiger charge is 2.23. The van der Waals surface area contributed by atoms with E-state index in [0.29, 0.717) is 0 Å². The van der Waals surface area contributed by atoms with Crippen LogP contribution in [-0.4, -0.2) is 0 Å². The van der Waals surface area contributed by atoms with Gasteiger partial charge in [0.15, 0.2) is 0 Å². The van der Waals surface area contributed by atoms with E-state index < -0.39 is 0 Å². The molecule has 2 aromatic heterocycles. The van der Waals surface area contributed by atoms with Crippen molar-refractivity contribution in [3.63, 3.8) is 0 Å². The van der Waals surface area contributed by atoms with Crippen molar-refractivity contribution in [2.24, 2.45) is 0 Å². The largest absolute Gasteiger partial charge is 0.456 e. The fourth-order valence-corrected chi connectivity index (χ4v) is 8.69. The lowest BCUT2D eigenvalue weighted by atomic mass is 9.96. The Kier molecular flexibility index (Phi) is 6.39. The van der Waals surface area contributed by atoms with Crippen LogP contribution in [0.25, 0.3) is 75.1 Å². The molecule has 0 atom stereocenters. The van der Waals surface area contributed by atoms with Crippen LogP contribution >= 0.6 is 11.3 Å². The fraction of sp³-hybridized carbons (Fsp3) is 0. The minimum absolute atomic E-state index is 0.895. The van der Waals surface area contributed by atoms with Crippen molar-refractivity contribution in [3.8, 4) is 22.3 Å². The molecule has 0 amide bonds. The average molecular weight is 644 g/mol. The predicted molar refractivity (Wildman–Crippen MR) is 210 cm³/mol. The fourth-order valence-electron chi connectivity index (χ4n) is 7.48. The van der Waals surface area contributed by atoms with Crippen molar-refractivity contribution in [2.45, 2.75) is 0 Å². The van der Waals surface area contributed by atoms with E-state index >= 15 is 0 Å². The van der Waals surface area contributed by atoms with Gasteiger partial charge in [-0.25, -0.2) is 0 Å². The number of hydrogen-bond acceptors (Lipinski definition) is 3. The molecule has 0 unspecified atom stereocenters. The topological polar surface area (TPSA) is 16.4 Å². The average Bonchev–Trinajstić information content (AvgIpc) is 3.75. The molecule has 0 aliphatic heterocycles. The molecule has 0 aliphatic carbocycles. The Hall–Kier alpha value is -6.16. The van der Waals surface area contributed by atoms with E-state index in [0.717, 1.165) is 50.1 Å². The smallest absolute Gasteiger partial charge is 0.136 e. The second kappa shape index (κ2) is 11.2. The molecule has 8 aromatic carbocycles. The summed E-state index contributed by atoms with van der Waals surface area (Å²) in [5.74, 6) is 0. The van der Waals surface area contributed by atoms with Crippen molar-refractivity contribution in [2.75, 3.05) is 4.90 Å². The van der Waals surface area contributed by atoms with Gasteiger partial charge in [0.1, 0.15) is 11.2 Å². The Morgan fingerprint density at radius 2 is 1.02 bits per heavy atom. The maximum atomic E-state index is 6.35. The molecule has 0 saturated carbocycles. The van der Waals surface area contributed by atoms with Gasteiger partial charge in [0.2, 0.25) is 0 Å². The molecule has 0 radical (unpaired) electrons. The van der Waals surface area contributed by atoms with Crippen molar-refractivity contribution < 1.29 is 4.42 Å². The molecule has 0 spiro atoms. The molecule has 2 heterocycles. The molecule has 0 saturated heterocycles. The first-order valence-electron chi connectivity index (χ1n) is 16.6. The Morgan fingerprint density at radius 1 is 0.408 bits per heavy atom. The highest BCUT2D eigenvalue weighted by molar-refractivity contribution is 7.26. The quantitative estimate of drug-likeness (QED) is 0.186. The zero-order chi connectivity index (χ0) is 32.3. The lowest BCUT2D eigenvalue weighted by Crippen LogP contribution is -2.11. The first-order valence-corrected chi connectivity index (χ1v) is 17.4. The molecule has 0 N–H and O–H groups in total. The van der Waals surface area contributed by atoms with Gasteiger partial charge in [0, 0.05) is 37.5 Å². The molecule has 10 rings (SSSR count). The van der Waals surface area contributed by atoms with E-state index in [9.17, 15) is 0 Å². The van der Waals surface area contributed by atoms with E-state index in [4.69, 9.17) is 4.42 Å². The first-order chi connectivity index (χ1) is 24.3. The van der Waals surface area contributed by atoms with Gasteiger partial charge in [-0.1, -0.05) is 133 Å². The van der Waals surface area contributed by atoms with Gasteiger partial charge >= 0.3 is 0 Å². The number of thiophene rings is 1. The molecule has 0 bridgehead atoms. The summed E-state index contributed by atoms with van der Waals surface area (Å²) in [5, 5.41) is 7.33. The molecule has 2 nitrogen and oxygen atoms in total. The van der Waals surface area contributed by atoms with Crippen LogP contribution < -0.4 is 4.90 Å². The number of nitrogens with zero attached hydrogens (tertiary/aromatic N) is 1. The van der Waals surface area contributed by atoms with E-state index in [1.165, 1.54) is 42.1 Å². The van der Waals surface area contributed by atoms with Gasteiger partial charge in [-0.2, -0.15) is 0 Å². The molecular formula is C46H29NOS. The Labute approximate surface area is 287 Å². The number of furan rings is 1. The van der Waals surface area contributed by atoms with Crippen LogP contribution in [0.2, 0.25) is 0 Å². The van der Waals surface area contributed by atoms with Crippen molar-refractivity contribution >= 4 is 81.3 Å². The van der Waals surface area contributed by atoms with Gasteiger partial charge in [-0.3, -0.25) is 0 Å². The van der Waals surface area contributed by atoms with Crippen LogP contribution in [-0.2, 0) is 0 Å². The lowest BCUT2D eigenvalue weighted by molar-refractivity contribution is 0.669. The van der Waals surface area contributed by atoms with Gasteiger partial charge in [-0.05, 0) is 69.9 Å². The van der Waals surface area contributed by atoms with Gasteiger partial charge < -0.3 is 9.32 Å². The highest BCUT2D eigenvalue weighted by atomic mass is 32.1. The van der Waals surface area contributed by atoms with Crippen LogP contribution in [0.15, 0.2) is 180 Å². The van der Waals surface area contributed by atoms with E-state index in [-0.39, 0.29) is 0 Å². The second-order valence-electron chi connectivity index (χ2n) is 12.5. The Bertz CT molecular complexity index is 2840. The number of rotatable bonds is 5. The van der Waals surface area contributed by atoms with Crippen LogP contribution in [0, 0.1) is 0 Å². The van der Waals surface area contributed by atoms with Crippen LogP contribution in [0.5, 0.6) is 0 Å². The standard InChI is InChI=1S/C46H29NOS/c1-2-14-33-30(12-1)13-9-18-34(33)31-26-28-32(29-27-31)47(41-22-10-20-38-36-16-5-8-25-44(36)49-46(38)41)40-21-6-3-15-35(40)37-19-11-24-43-45(37)39-17-4-7-23-42(39)48-43/h1-29H. The maximum absolute atomic E-state index is 6.35. The minimum atomic E-state index is 0.895. The molecule has 3 heteroatoms. The summed E-state index contributed by atoms with van der Waals surface area (Å²) in [6.45, 7) is 0. The Balaban J connectivity index is 1.22. The molecule has 10 aromatic rings. The molecular weight excluding hydrogens is 615 g/mol. The number of fused-ring (bicyclic) bond motifs is 7. The molecule has 0 fully saturated rings. The summed E-state index contributed by atoms with van der Waals surface area (Å²) in [5.41, 5.74) is 9.91. The number of benzene rings is 8. The van der Waals surface area contributed by atoms with E-state index in [2.05, 4.69) is 175 Å². The third-order valence-corrected chi connectivity index (χ3v) is 10.9. The zero-order valence-electron chi connectivity index (χ0n) is 26.5. The number of para-hydroxylation sites is 2. The van der Waals surface area contributed by atoms with Crippen LogP contribution in [0.4, 0.5) is 17.1 Å². The SMILES string of the molecule is c1ccc(N(c2ccc(-c3cccc4ccccc34)cc2)c2cccc3c2sc2ccccc23)c(-c2cccc3oc4ccccc4c23)c1. The Morgan fingerprint density at radius 3 is 1.94 bits per heavy atom. The zero-order valence-corrected chi connectivity index (χ0v) is 27.3. The third kappa shape index (κ3) is 4.47. The van der Waals surface area contributed by atoms with Crippen molar-refractivity contribution in [1.29, 1.82) is 0 Å². The summed E-state index contributed by atoms with van der Waals surface area (Å²) in [4.78, 5) is 2.45. The number of anilines is 3. The summed E-state index contributed by atoms with van der Waals surface area (Å²) in [6.07, 6.45) is 0. The monoisotopic (exact) mass is 643 g/mol.